The second-order valence-electron chi connectivity index (χ2n) is 5.13. The van der Waals surface area contributed by atoms with E-state index in [1.54, 1.807) is 0 Å². The van der Waals surface area contributed by atoms with Gasteiger partial charge in [-0.15, -0.1) is 0 Å². The highest BCUT2D eigenvalue weighted by molar-refractivity contribution is 5.94. The lowest BCUT2D eigenvalue weighted by atomic mass is 9.96. The minimum absolute atomic E-state index is 0.0343. The van der Waals surface area contributed by atoms with Crippen LogP contribution in [0.5, 0.6) is 0 Å². The Kier molecular flexibility index (Phi) is 5.52. The van der Waals surface area contributed by atoms with Crippen molar-refractivity contribution in [3.8, 4) is 0 Å². The number of hydrogen-bond donors (Lipinski definition) is 2. The maximum absolute atomic E-state index is 12.2. The Balaban J connectivity index is 1.96. The molecule has 1 atom stereocenters. The minimum atomic E-state index is -0.0343. The zero-order valence-corrected chi connectivity index (χ0v) is 12.4. The molecule has 1 unspecified atom stereocenters. The molecular weight excluding hydrogens is 260 g/mol. The normalized spacial score (nSPS) is 11.9. The van der Waals surface area contributed by atoms with Gasteiger partial charge in [-0.1, -0.05) is 49.4 Å². The van der Waals surface area contributed by atoms with E-state index in [4.69, 9.17) is 5.73 Å². The molecule has 2 aromatic carbocycles. The molecule has 0 spiro atoms. The SMILES string of the molecule is CCC(CNC(=O)c1ccc(CN)cc1)c1ccccc1. The number of carbonyl (C=O) groups is 1. The highest BCUT2D eigenvalue weighted by Gasteiger charge is 2.11. The van der Waals surface area contributed by atoms with Gasteiger partial charge in [0.25, 0.3) is 5.91 Å². The number of rotatable bonds is 6. The number of benzene rings is 2. The third-order valence-electron chi connectivity index (χ3n) is 3.72. The summed E-state index contributed by atoms with van der Waals surface area (Å²) in [6.07, 6.45) is 0.996. The van der Waals surface area contributed by atoms with E-state index in [1.165, 1.54) is 5.56 Å². The number of nitrogens with one attached hydrogen (secondary N) is 1. The molecule has 3 N–H and O–H groups in total. The molecule has 21 heavy (non-hydrogen) atoms. The minimum Gasteiger partial charge on any atom is -0.351 e. The summed E-state index contributed by atoms with van der Waals surface area (Å²) in [7, 11) is 0. The van der Waals surface area contributed by atoms with Crippen LogP contribution >= 0.6 is 0 Å². The molecule has 0 aliphatic carbocycles. The van der Waals surface area contributed by atoms with E-state index in [0.717, 1.165) is 12.0 Å². The zero-order chi connectivity index (χ0) is 15.1. The molecule has 110 valence electrons. The second-order valence-corrected chi connectivity index (χ2v) is 5.13. The summed E-state index contributed by atoms with van der Waals surface area (Å²) < 4.78 is 0. The number of hydrogen-bond acceptors (Lipinski definition) is 2. The van der Waals surface area contributed by atoms with Gasteiger partial charge < -0.3 is 11.1 Å². The van der Waals surface area contributed by atoms with Crippen LogP contribution in [-0.4, -0.2) is 12.5 Å². The summed E-state index contributed by atoms with van der Waals surface area (Å²) >= 11 is 0. The van der Waals surface area contributed by atoms with Gasteiger partial charge in [0, 0.05) is 24.6 Å². The van der Waals surface area contributed by atoms with Crippen molar-refractivity contribution in [1.29, 1.82) is 0 Å². The van der Waals surface area contributed by atoms with Crippen LogP contribution in [-0.2, 0) is 6.54 Å². The van der Waals surface area contributed by atoms with Crippen molar-refractivity contribution < 1.29 is 4.79 Å². The lowest BCUT2D eigenvalue weighted by Crippen LogP contribution is -2.28. The zero-order valence-electron chi connectivity index (χ0n) is 12.4. The van der Waals surface area contributed by atoms with Crippen molar-refractivity contribution in [1.82, 2.24) is 5.32 Å². The molecule has 0 heterocycles. The van der Waals surface area contributed by atoms with Gasteiger partial charge in [0.2, 0.25) is 0 Å². The Morgan fingerprint density at radius 1 is 1.10 bits per heavy atom. The Bertz CT molecular complexity index is 564. The van der Waals surface area contributed by atoms with Gasteiger partial charge in [-0.2, -0.15) is 0 Å². The van der Waals surface area contributed by atoms with E-state index < -0.39 is 0 Å². The molecule has 0 fully saturated rings. The summed E-state index contributed by atoms with van der Waals surface area (Å²) in [6, 6.07) is 17.7. The monoisotopic (exact) mass is 282 g/mol. The largest absolute Gasteiger partial charge is 0.351 e. The van der Waals surface area contributed by atoms with Crippen LogP contribution in [0, 0.1) is 0 Å². The van der Waals surface area contributed by atoms with E-state index >= 15 is 0 Å². The first-order valence-corrected chi connectivity index (χ1v) is 7.36. The molecule has 3 nitrogen and oxygen atoms in total. The molecule has 0 saturated heterocycles. The third kappa shape index (κ3) is 4.17. The van der Waals surface area contributed by atoms with Gasteiger partial charge in [0.15, 0.2) is 0 Å². The molecule has 3 heteroatoms. The molecule has 0 saturated carbocycles. The van der Waals surface area contributed by atoms with E-state index in [2.05, 4.69) is 24.4 Å². The number of nitrogens with two attached hydrogens (primary N) is 1. The van der Waals surface area contributed by atoms with Crippen LogP contribution in [0.4, 0.5) is 0 Å². The Hall–Kier alpha value is -2.13. The lowest BCUT2D eigenvalue weighted by molar-refractivity contribution is 0.0951. The first-order valence-electron chi connectivity index (χ1n) is 7.36. The fourth-order valence-electron chi connectivity index (χ4n) is 2.33. The fourth-order valence-corrected chi connectivity index (χ4v) is 2.33. The first-order chi connectivity index (χ1) is 10.2. The smallest absolute Gasteiger partial charge is 0.251 e. The molecule has 2 aromatic rings. The van der Waals surface area contributed by atoms with E-state index in [0.29, 0.717) is 24.6 Å². The van der Waals surface area contributed by atoms with Crippen molar-refractivity contribution in [3.05, 3.63) is 71.3 Å². The Labute approximate surface area is 126 Å². The second kappa shape index (κ2) is 7.60. The van der Waals surface area contributed by atoms with Crippen LogP contribution in [0.3, 0.4) is 0 Å². The van der Waals surface area contributed by atoms with E-state index in [-0.39, 0.29) is 5.91 Å². The molecular formula is C18H22N2O. The predicted molar refractivity (Wildman–Crippen MR) is 86.1 cm³/mol. The summed E-state index contributed by atoms with van der Waals surface area (Å²) in [5, 5.41) is 3.02. The molecule has 0 aromatic heterocycles. The lowest BCUT2D eigenvalue weighted by Gasteiger charge is -2.16. The summed E-state index contributed by atoms with van der Waals surface area (Å²) in [5.74, 6) is 0.311. The fraction of sp³-hybridized carbons (Fsp3) is 0.278. The summed E-state index contributed by atoms with van der Waals surface area (Å²) in [4.78, 5) is 12.2. The maximum Gasteiger partial charge on any atom is 0.251 e. The van der Waals surface area contributed by atoms with Crippen LogP contribution < -0.4 is 11.1 Å². The van der Waals surface area contributed by atoms with E-state index in [1.807, 2.05) is 42.5 Å². The van der Waals surface area contributed by atoms with Crippen molar-refractivity contribution in [2.75, 3.05) is 6.54 Å². The highest BCUT2D eigenvalue weighted by Crippen LogP contribution is 2.18. The average molecular weight is 282 g/mol. The Morgan fingerprint density at radius 3 is 2.33 bits per heavy atom. The molecule has 0 aliphatic heterocycles. The molecule has 0 radical (unpaired) electrons. The quantitative estimate of drug-likeness (QED) is 0.855. The first kappa shape index (κ1) is 15.3. The third-order valence-corrected chi connectivity index (χ3v) is 3.72. The Morgan fingerprint density at radius 2 is 1.76 bits per heavy atom. The van der Waals surface area contributed by atoms with Crippen LogP contribution in [0.1, 0.15) is 40.7 Å². The van der Waals surface area contributed by atoms with E-state index in [9.17, 15) is 4.79 Å². The highest BCUT2D eigenvalue weighted by atomic mass is 16.1. The van der Waals surface area contributed by atoms with Crippen LogP contribution in [0.15, 0.2) is 54.6 Å². The van der Waals surface area contributed by atoms with Gasteiger partial charge in [-0.3, -0.25) is 4.79 Å². The van der Waals surface area contributed by atoms with Gasteiger partial charge >= 0.3 is 0 Å². The number of carbonyl (C=O) groups excluding carboxylic acids is 1. The molecule has 0 aliphatic rings. The topological polar surface area (TPSA) is 55.1 Å². The van der Waals surface area contributed by atoms with Crippen molar-refractivity contribution >= 4 is 5.91 Å². The van der Waals surface area contributed by atoms with Gasteiger partial charge in [-0.05, 0) is 29.7 Å². The van der Waals surface area contributed by atoms with Gasteiger partial charge in [0.1, 0.15) is 0 Å². The maximum atomic E-state index is 12.2. The molecule has 1 amide bonds. The van der Waals surface area contributed by atoms with Crippen molar-refractivity contribution in [2.24, 2.45) is 5.73 Å². The standard InChI is InChI=1S/C18H22N2O/c1-2-15(16-6-4-3-5-7-16)13-20-18(21)17-10-8-14(12-19)9-11-17/h3-11,15H,2,12-13,19H2,1H3,(H,20,21). The van der Waals surface area contributed by atoms with Gasteiger partial charge in [-0.25, -0.2) is 0 Å². The summed E-state index contributed by atoms with van der Waals surface area (Å²) in [6.45, 7) is 3.28. The molecule has 0 bridgehead atoms. The number of amides is 1. The van der Waals surface area contributed by atoms with Crippen molar-refractivity contribution in [3.63, 3.8) is 0 Å². The average Bonchev–Trinajstić information content (AvgIpc) is 2.56. The summed E-state index contributed by atoms with van der Waals surface area (Å²) in [5.41, 5.74) is 8.52. The van der Waals surface area contributed by atoms with Crippen LogP contribution in [0.25, 0.3) is 0 Å². The van der Waals surface area contributed by atoms with Gasteiger partial charge in [0.05, 0.1) is 0 Å². The van der Waals surface area contributed by atoms with Crippen LogP contribution in [0.2, 0.25) is 0 Å². The predicted octanol–water partition coefficient (Wildman–Crippen LogP) is 3.07. The molecule has 2 rings (SSSR count). The van der Waals surface area contributed by atoms with Crippen molar-refractivity contribution in [2.45, 2.75) is 25.8 Å².